The second-order valence-electron chi connectivity index (χ2n) is 5.45. The average molecular weight is 380 g/mol. The van der Waals surface area contributed by atoms with Crippen LogP contribution in [0.4, 0.5) is 0 Å². The van der Waals surface area contributed by atoms with Crippen LogP contribution in [0.2, 0.25) is 0 Å². The van der Waals surface area contributed by atoms with Crippen LogP contribution in [-0.2, 0) is 9.59 Å². The van der Waals surface area contributed by atoms with Gasteiger partial charge in [0.05, 0.1) is 12.0 Å². The summed E-state index contributed by atoms with van der Waals surface area (Å²) < 4.78 is 5.47. The fraction of sp³-hybridized carbons (Fsp3) is 0.353. The third-order valence-electron chi connectivity index (χ3n) is 3.64. The molecule has 1 N–H and O–H groups in total. The van der Waals surface area contributed by atoms with Crippen LogP contribution >= 0.6 is 24.0 Å². The van der Waals surface area contributed by atoms with Crippen LogP contribution < -0.4 is 9.84 Å². The average Bonchev–Trinajstić information content (AvgIpc) is 2.81. The number of carboxylic acid groups (broad SMARTS) is 1. The zero-order chi connectivity index (χ0) is 18.4. The predicted octanol–water partition coefficient (Wildman–Crippen LogP) is 1.91. The SMILES string of the molecule is COc1ccc(/C=C2\SC(=S)N(CCCCCC(=O)[O-])C2=O)cc1O. The van der Waals surface area contributed by atoms with Crippen molar-refractivity contribution in [3.05, 3.63) is 28.7 Å². The molecule has 1 aromatic carbocycles. The summed E-state index contributed by atoms with van der Waals surface area (Å²) in [6, 6.07) is 4.88. The van der Waals surface area contributed by atoms with E-state index in [-0.39, 0.29) is 18.1 Å². The van der Waals surface area contributed by atoms with E-state index in [0.717, 1.165) is 0 Å². The number of aliphatic carboxylic acids is 1. The summed E-state index contributed by atoms with van der Waals surface area (Å²) in [7, 11) is 1.47. The van der Waals surface area contributed by atoms with E-state index < -0.39 is 5.97 Å². The summed E-state index contributed by atoms with van der Waals surface area (Å²) >= 11 is 6.46. The highest BCUT2D eigenvalue weighted by Gasteiger charge is 2.31. The summed E-state index contributed by atoms with van der Waals surface area (Å²) in [6.07, 6.45) is 3.60. The first kappa shape index (κ1) is 19.3. The summed E-state index contributed by atoms with van der Waals surface area (Å²) in [5.41, 5.74) is 0.674. The monoisotopic (exact) mass is 380 g/mol. The third kappa shape index (κ3) is 5.20. The Balaban J connectivity index is 1.97. The van der Waals surface area contributed by atoms with Crippen LogP contribution in [0.25, 0.3) is 6.08 Å². The van der Waals surface area contributed by atoms with E-state index in [1.807, 2.05) is 0 Å². The molecule has 1 aliphatic rings. The normalized spacial score (nSPS) is 15.9. The largest absolute Gasteiger partial charge is 0.550 e. The lowest BCUT2D eigenvalue weighted by Crippen LogP contribution is -2.29. The highest BCUT2D eigenvalue weighted by molar-refractivity contribution is 8.26. The van der Waals surface area contributed by atoms with Crippen molar-refractivity contribution in [3.63, 3.8) is 0 Å². The highest BCUT2D eigenvalue weighted by Crippen LogP contribution is 2.34. The molecule has 1 saturated heterocycles. The second-order valence-corrected chi connectivity index (χ2v) is 7.12. The fourth-order valence-corrected chi connectivity index (χ4v) is 3.67. The minimum atomic E-state index is -1.06. The van der Waals surface area contributed by atoms with Gasteiger partial charge in [0.25, 0.3) is 5.91 Å². The van der Waals surface area contributed by atoms with Crippen LogP contribution in [0.15, 0.2) is 23.1 Å². The molecule has 0 aliphatic carbocycles. The zero-order valence-corrected chi connectivity index (χ0v) is 15.3. The van der Waals surface area contributed by atoms with E-state index in [4.69, 9.17) is 17.0 Å². The zero-order valence-electron chi connectivity index (χ0n) is 13.7. The smallest absolute Gasteiger partial charge is 0.266 e. The van der Waals surface area contributed by atoms with Gasteiger partial charge in [-0.05, 0) is 43.0 Å². The van der Waals surface area contributed by atoms with E-state index in [1.54, 1.807) is 18.2 Å². The van der Waals surface area contributed by atoms with Crippen molar-refractivity contribution in [2.24, 2.45) is 0 Å². The lowest BCUT2D eigenvalue weighted by molar-refractivity contribution is -0.305. The minimum absolute atomic E-state index is 0.000325. The maximum absolute atomic E-state index is 12.5. The van der Waals surface area contributed by atoms with Gasteiger partial charge in [0.15, 0.2) is 11.5 Å². The fourth-order valence-electron chi connectivity index (χ4n) is 2.36. The number of phenolic OH excluding ortho intramolecular Hbond substituents is 1. The number of thiocarbonyl (C=S) groups is 1. The van der Waals surface area contributed by atoms with Gasteiger partial charge in [-0.2, -0.15) is 0 Å². The van der Waals surface area contributed by atoms with Crippen molar-refractivity contribution >= 4 is 46.3 Å². The molecule has 1 aromatic rings. The van der Waals surface area contributed by atoms with Gasteiger partial charge >= 0.3 is 0 Å². The quantitative estimate of drug-likeness (QED) is 0.418. The number of carbonyl (C=O) groups excluding carboxylic acids is 2. The van der Waals surface area contributed by atoms with Crippen molar-refractivity contribution < 1.29 is 24.5 Å². The highest BCUT2D eigenvalue weighted by atomic mass is 32.2. The molecule has 1 fully saturated rings. The first-order valence-electron chi connectivity index (χ1n) is 7.74. The Morgan fingerprint density at radius 3 is 2.80 bits per heavy atom. The molecule has 2 rings (SSSR count). The molecule has 134 valence electrons. The Morgan fingerprint density at radius 1 is 1.40 bits per heavy atom. The number of thioether (sulfide) groups is 1. The van der Waals surface area contributed by atoms with Gasteiger partial charge < -0.3 is 19.7 Å². The van der Waals surface area contributed by atoms with Gasteiger partial charge in [-0.1, -0.05) is 36.5 Å². The molecule has 0 unspecified atom stereocenters. The van der Waals surface area contributed by atoms with E-state index >= 15 is 0 Å². The Hall–Kier alpha value is -2.06. The number of hydrogen-bond acceptors (Lipinski definition) is 7. The standard InChI is InChI=1S/C17H19NO5S2/c1-23-13-7-6-11(9-12(13)19)10-14-16(22)18(17(24)25-14)8-4-2-3-5-15(20)21/h6-7,9-10,19H,2-5,8H2,1H3,(H,20,21)/p-1/b14-10-. The molecule has 8 heteroatoms. The number of nitrogens with zero attached hydrogens (tertiary/aromatic N) is 1. The van der Waals surface area contributed by atoms with Crippen molar-refractivity contribution in [1.82, 2.24) is 4.90 Å². The van der Waals surface area contributed by atoms with E-state index in [9.17, 15) is 19.8 Å². The molecule has 0 atom stereocenters. The maximum atomic E-state index is 12.5. The van der Waals surface area contributed by atoms with Gasteiger partial charge in [-0.3, -0.25) is 9.69 Å². The summed E-state index contributed by atoms with van der Waals surface area (Å²) in [5.74, 6) is -0.873. The number of ether oxygens (including phenoxy) is 1. The molecule has 0 saturated carbocycles. The van der Waals surface area contributed by atoms with E-state index in [0.29, 0.717) is 46.3 Å². The van der Waals surface area contributed by atoms with Crippen LogP contribution in [0.5, 0.6) is 11.5 Å². The predicted molar refractivity (Wildman–Crippen MR) is 98.0 cm³/mol. The van der Waals surface area contributed by atoms with Gasteiger partial charge in [0.1, 0.15) is 4.32 Å². The molecule has 1 heterocycles. The number of aromatic hydroxyl groups is 1. The van der Waals surface area contributed by atoms with E-state index in [2.05, 4.69) is 0 Å². The number of rotatable bonds is 8. The van der Waals surface area contributed by atoms with Gasteiger partial charge in [-0.25, -0.2) is 0 Å². The van der Waals surface area contributed by atoms with Gasteiger partial charge in [0.2, 0.25) is 0 Å². The molecule has 1 aliphatic heterocycles. The van der Waals surface area contributed by atoms with Crippen molar-refractivity contribution in [2.45, 2.75) is 25.7 Å². The molecule has 1 amide bonds. The first-order valence-corrected chi connectivity index (χ1v) is 8.97. The second kappa shape index (κ2) is 8.87. The molecule has 25 heavy (non-hydrogen) atoms. The van der Waals surface area contributed by atoms with Crippen LogP contribution in [0.3, 0.4) is 0 Å². The van der Waals surface area contributed by atoms with Crippen LogP contribution in [0.1, 0.15) is 31.2 Å². The Morgan fingerprint density at radius 2 is 2.16 bits per heavy atom. The first-order chi connectivity index (χ1) is 11.9. The molecule has 0 radical (unpaired) electrons. The number of amides is 1. The summed E-state index contributed by atoms with van der Waals surface area (Å²) in [4.78, 5) is 24.8. The summed E-state index contributed by atoms with van der Waals surface area (Å²) in [6.45, 7) is 0.461. The Kier molecular flexibility index (Phi) is 6.83. The van der Waals surface area contributed by atoms with Crippen molar-refractivity contribution in [2.75, 3.05) is 13.7 Å². The molecule has 6 nitrogen and oxygen atoms in total. The molecular weight excluding hydrogens is 362 g/mol. The Bertz CT molecular complexity index is 717. The van der Waals surface area contributed by atoms with Crippen LogP contribution in [0, 0.1) is 0 Å². The lowest BCUT2D eigenvalue weighted by Gasteiger charge is -2.14. The van der Waals surface area contributed by atoms with Crippen LogP contribution in [-0.4, -0.2) is 39.9 Å². The van der Waals surface area contributed by atoms with Crippen molar-refractivity contribution in [1.29, 1.82) is 0 Å². The number of carbonyl (C=O) groups is 2. The number of benzene rings is 1. The minimum Gasteiger partial charge on any atom is -0.550 e. The summed E-state index contributed by atoms with van der Waals surface area (Å²) in [5, 5.41) is 20.2. The maximum Gasteiger partial charge on any atom is 0.266 e. The van der Waals surface area contributed by atoms with Gasteiger partial charge in [0, 0.05) is 12.5 Å². The number of hydrogen-bond donors (Lipinski definition) is 1. The molecule has 0 spiro atoms. The molecular formula is C17H18NO5S2-. The van der Waals surface area contributed by atoms with Gasteiger partial charge in [-0.15, -0.1) is 0 Å². The Labute approximate surface area is 155 Å². The molecule has 0 bridgehead atoms. The topological polar surface area (TPSA) is 89.9 Å². The number of carboxylic acids is 1. The third-order valence-corrected chi connectivity index (χ3v) is 5.01. The molecule has 0 aromatic heterocycles. The van der Waals surface area contributed by atoms with Crippen molar-refractivity contribution in [3.8, 4) is 11.5 Å². The number of phenols is 1. The number of methoxy groups -OCH3 is 1. The lowest BCUT2D eigenvalue weighted by atomic mass is 10.1. The van der Waals surface area contributed by atoms with E-state index in [1.165, 1.54) is 29.8 Å². The number of unbranched alkanes of at least 4 members (excludes halogenated alkanes) is 2.